The molecule has 3 rings (SSSR count). The van der Waals surface area contributed by atoms with Gasteiger partial charge >= 0.3 is 12.0 Å². The van der Waals surface area contributed by atoms with Crippen molar-refractivity contribution >= 4 is 17.7 Å². The number of carbonyl (C=O) groups excluding carboxylic acids is 2. The highest BCUT2D eigenvalue weighted by atomic mass is 16.5. The molecule has 6 heteroatoms. The van der Waals surface area contributed by atoms with Gasteiger partial charge in [-0.3, -0.25) is 9.69 Å². The molecule has 6 nitrogen and oxygen atoms in total. The SMILES string of the molecule is COC(=O)CCc1ccc(N2C(=O)N(C)C3=C(CCC3)C2O)cc1. The molecule has 1 atom stereocenters. The minimum Gasteiger partial charge on any atom is -0.469 e. The summed E-state index contributed by atoms with van der Waals surface area (Å²) in [5.74, 6) is -0.247. The molecule has 2 aliphatic rings. The van der Waals surface area contributed by atoms with Crippen LogP contribution in [0.1, 0.15) is 31.2 Å². The summed E-state index contributed by atoms with van der Waals surface area (Å²) in [6, 6.07) is 7.14. The van der Waals surface area contributed by atoms with Gasteiger partial charge in [-0.2, -0.15) is 0 Å². The predicted octanol–water partition coefficient (Wildman–Crippen LogP) is 2.42. The molecule has 0 radical (unpaired) electrons. The Kier molecular flexibility index (Phi) is 4.57. The monoisotopic (exact) mass is 330 g/mol. The summed E-state index contributed by atoms with van der Waals surface area (Å²) >= 11 is 0. The summed E-state index contributed by atoms with van der Waals surface area (Å²) in [6.07, 6.45) is 2.64. The summed E-state index contributed by atoms with van der Waals surface area (Å²) < 4.78 is 4.64. The first-order valence-electron chi connectivity index (χ1n) is 8.15. The van der Waals surface area contributed by atoms with Gasteiger partial charge in [0.15, 0.2) is 6.23 Å². The third-order valence-electron chi connectivity index (χ3n) is 4.74. The van der Waals surface area contributed by atoms with Gasteiger partial charge in [0.05, 0.1) is 7.11 Å². The number of nitrogens with zero attached hydrogens (tertiary/aromatic N) is 2. The smallest absolute Gasteiger partial charge is 0.330 e. The van der Waals surface area contributed by atoms with E-state index in [2.05, 4.69) is 4.74 Å². The number of hydrogen-bond donors (Lipinski definition) is 1. The normalized spacial score (nSPS) is 20.5. The molecule has 1 aromatic rings. The van der Waals surface area contributed by atoms with Gasteiger partial charge < -0.3 is 14.7 Å². The van der Waals surface area contributed by atoms with Crippen molar-refractivity contribution in [1.82, 2.24) is 4.90 Å². The molecule has 0 fully saturated rings. The number of urea groups is 1. The van der Waals surface area contributed by atoms with Gasteiger partial charge in [0.25, 0.3) is 0 Å². The number of aliphatic hydroxyl groups is 1. The number of ether oxygens (including phenoxy) is 1. The lowest BCUT2D eigenvalue weighted by molar-refractivity contribution is -0.140. The molecule has 1 aliphatic carbocycles. The fraction of sp³-hybridized carbons (Fsp3) is 0.444. The minimum absolute atomic E-state index is 0.217. The fourth-order valence-corrected chi connectivity index (χ4v) is 3.37. The summed E-state index contributed by atoms with van der Waals surface area (Å²) in [6.45, 7) is 0. The topological polar surface area (TPSA) is 70.1 Å². The molecular formula is C18H22N2O4. The number of rotatable bonds is 4. The van der Waals surface area contributed by atoms with Gasteiger partial charge in [-0.15, -0.1) is 0 Å². The largest absolute Gasteiger partial charge is 0.469 e. The molecule has 0 saturated carbocycles. The van der Waals surface area contributed by atoms with E-state index in [9.17, 15) is 14.7 Å². The zero-order chi connectivity index (χ0) is 17.3. The van der Waals surface area contributed by atoms with E-state index >= 15 is 0 Å². The number of aliphatic hydroxyl groups excluding tert-OH is 1. The van der Waals surface area contributed by atoms with Crippen LogP contribution in [-0.2, 0) is 16.0 Å². The van der Waals surface area contributed by atoms with Crippen LogP contribution in [0.2, 0.25) is 0 Å². The van der Waals surface area contributed by atoms with Crippen LogP contribution < -0.4 is 4.90 Å². The number of allylic oxidation sites excluding steroid dienone is 1. The van der Waals surface area contributed by atoms with Crippen molar-refractivity contribution in [2.75, 3.05) is 19.1 Å². The van der Waals surface area contributed by atoms with Gasteiger partial charge in [-0.05, 0) is 49.0 Å². The molecule has 2 amide bonds. The third kappa shape index (κ3) is 2.89. The van der Waals surface area contributed by atoms with E-state index in [1.807, 2.05) is 24.3 Å². The number of amides is 2. The average Bonchev–Trinajstić information content (AvgIpc) is 3.09. The van der Waals surface area contributed by atoms with Gasteiger partial charge in [0.1, 0.15) is 0 Å². The lowest BCUT2D eigenvalue weighted by atomic mass is 10.1. The molecule has 0 spiro atoms. The van der Waals surface area contributed by atoms with Crippen LogP contribution >= 0.6 is 0 Å². The number of hydrogen-bond acceptors (Lipinski definition) is 4. The van der Waals surface area contributed by atoms with E-state index in [-0.39, 0.29) is 12.0 Å². The number of carbonyl (C=O) groups is 2. The van der Waals surface area contributed by atoms with Crippen LogP contribution in [0.4, 0.5) is 10.5 Å². The molecule has 1 N–H and O–H groups in total. The molecular weight excluding hydrogens is 308 g/mol. The van der Waals surface area contributed by atoms with Gasteiger partial charge in [0.2, 0.25) is 0 Å². The van der Waals surface area contributed by atoms with E-state index in [0.29, 0.717) is 18.5 Å². The summed E-state index contributed by atoms with van der Waals surface area (Å²) in [4.78, 5) is 26.9. The molecule has 1 unspecified atom stereocenters. The zero-order valence-corrected chi connectivity index (χ0v) is 14.0. The Balaban J connectivity index is 1.78. The molecule has 1 heterocycles. The molecule has 1 aliphatic heterocycles. The van der Waals surface area contributed by atoms with Crippen LogP contribution in [-0.4, -0.2) is 42.4 Å². The van der Waals surface area contributed by atoms with E-state index in [0.717, 1.165) is 36.1 Å². The first-order chi connectivity index (χ1) is 11.5. The van der Waals surface area contributed by atoms with Gasteiger partial charge in [-0.1, -0.05) is 12.1 Å². The predicted molar refractivity (Wildman–Crippen MR) is 89.3 cm³/mol. The van der Waals surface area contributed by atoms with Crippen LogP contribution in [0.25, 0.3) is 0 Å². The second-order valence-electron chi connectivity index (χ2n) is 6.15. The number of anilines is 1. The Morgan fingerprint density at radius 1 is 1.29 bits per heavy atom. The van der Waals surface area contributed by atoms with Crippen molar-refractivity contribution in [3.8, 4) is 0 Å². The summed E-state index contributed by atoms with van der Waals surface area (Å²) in [5, 5.41) is 10.6. The second-order valence-corrected chi connectivity index (χ2v) is 6.15. The molecule has 0 saturated heterocycles. The summed E-state index contributed by atoms with van der Waals surface area (Å²) in [7, 11) is 3.13. The van der Waals surface area contributed by atoms with E-state index < -0.39 is 6.23 Å². The van der Waals surface area contributed by atoms with E-state index in [1.54, 1.807) is 11.9 Å². The highest BCUT2D eigenvalue weighted by Crippen LogP contribution is 2.37. The van der Waals surface area contributed by atoms with Crippen LogP contribution in [0, 0.1) is 0 Å². The quantitative estimate of drug-likeness (QED) is 0.861. The lowest BCUT2D eigenvalue weighted by Gasteiger charge is -2.38. The van der Waals surface area contributed by atoms with Crippen LogP contribution in [0.15, 0.2) is 35.5 Å². The van der Waals surface area contributed by atoms with Crippen molar-refractivity contribution in [2.24, 2.45) is 0 Å². The highest BCUT2D eigenvalue weighted by Gasteiger charge is 2.39. The summed E-state index contributed by atoms with van der Waals surface area (Å²) in [5.41, 5.74) is 3.53. The van der Waals surface area contributed by atoms with Crippen LogP contribution in [0.3, 0.4) is 0 Å². The van der Waals surface area contributed by atoms with Crippen molar-refractivity contribution in [3.05, 3.63) is 41.1 Å². The Morgan fingerprint density at radius 3 is 2.67 bits per heavy atom. The fourth-order valence-electron chi connectivity index (χ4n) is 3.37. The number of aryl methyl sites for hydroxylation is 1. The number of esters is 1. The first kappa shape index (κ1) is 16.5. The Labute approximate surface area is 141 Å². The van der Waals surface area contributed by atoms with E-state index in [4.69, 9.17) is 0 Å². The Hall–Kier alpha value is -2.34. The molecule has 0 aromatic heterocycles. The maximum atomic E-state index is 12.6. The molecule has 24 heavy (non-hydrogen) atoms. The maximum Gasteiger partial charge on any atom is 0.330 e. The van der Waals surface area contributed by atoms with E-state index in [1.165, 1.54) is 12.0 Å². The highest BCUT2D eigenvalue weighted by molar-refractivity contribution is 5.95. The molecule has 128 valence electrons. The van der Waals surface area contributed by atoms with Gasteiger partial charge in [-0.25, -0.2) is 4.79 Å². The zero-order valence-electron chi connectivity index (χ0n) is 14.0. The molecule has 0 bridgehead atoms. The second kappa shape index (κ2) is 6.65. The van der Waals surface area contributed by atoms with Crippen molar-refractivity contribution < 1.29 is 19.4 Å². The number of methoxy groups -OCH3 is 1. The Bertz CT molecular complexity index is 681. The van der Waals surface area contributed by atoms with Crippen LogP contribution in [0.5, 0.6) is 0 Å². The van der Waals surface area contributed by atoms with Gasteiger partial charge in [0, 0.05) is 24.9 Å². The number of benzene rings is 1. The first-order valence-corrected chi connectivity index (χ1v) is 8.15. The maximum absolute atomic E-state index is 12.6. The average molecular weight is 330 g/mol. The standard InChI is InChI=1S/C18H22N2O4/c1-19-15-5-3-4-14(15)17(22)20(18(19)23)13-9-6-12(7-10-13)8-11-16(21)24-2/h6-7,9-10,17,22H,3-5,8,11H2,1-2H3. The molecule has 1 aromatic carbocycles. The van der Waals surface area contributed by atoms with Crippen molar-refractivity contribution in [3.63, 3.8) is 0 Å². The van der Waals surface area contributed by atoms with Crippen molar-refractivity contribution in [1.29, 1.82) is 0 Å². The van der Waals surface area contributed by atoms with Crippen molar-refractivity contribution in [2.45, 2.75) is 38.3 Å². The lowest BCUT2D eigenvalue weighted by Crippen LogP contribution is -2.51. The minimum atomic E-state index is -0.896. The Morgan fingerprint density at radius 2 is 2.00 bits per heavy atom. The third-order valence-corrected chi connectivity index (χ3v) is 4.74.